The molecule has 0 radical (unpaired) electrons. The van der Waals surface area contributed by atoms with Crippen molar-refractivity contribution in [1.29, 1.82) is 0 Å². The van der Waals surface area contributed by atoms with E-state index in [4.69, 9.17) is 9.47 Å². The molecular formula is C13H23NO4. The summed E-state index contributed by atoms with van der Waals surface area (Å²) < 4.78 is 9.93. The molecule has 1 N–H and O–H groups in total. The van der Waals surface area contributed by atoms with Crippen LogP contribution >= 0.6 is 0 Å². The summed E-state index contributed by atoms with van der Waals surface area (Å²) in [5.74, 6) is -0.385. The zero-order valence-corrected chi connectivity index (χ0v) is 12.0. The van der Waals surface area contributed by atoms with Crippen LogP contribution in [-0.4, -0.2) is 30.8 Å². The molecule has 5 nitrogen and oxygen atoms in total. The summed E-state index contributed by atoms with van der Waals surface area (Å²) in [6.45, 7) is 9.33. The molecule has 0 aromatic heterocycles. The predicted octanol–water partition coefficient (Wildman–Crippen LogP) is 2.10. The Labute approximate surface area is 108 Å². The van der Waals surface area contributed by atoms with E-state index in [1.54, 1.807) is 0 Å². The van der Waals surface area contributed by atoms with Crippen LogP contribution in [0.25, 0.3) is 0 Å². The molecule has 0 unspecified atom stereocenters. The van der Waals surface area contributed by atoms with Crippen molar-refractivity contribution in [2.45, 2.75) is 52.7 Å². The number of amides is 1. The monoisotopic (exact) mass is 257 g/mol. The molecule has 0 saturated heterocycles. The molecule has 1 fully saturated rings. The van der Waals surface area contributed by atoms with Crippen molar-refractivity contribution in [1.82, 2.24) is 5.32 Å². The van der Waals surface area contributed by atoms with Crippen LogP contribution < -0.4 is 5.32 Å². The summed E-state index contributed by atoms with van der Waals surface area (Å²) in [7, 11) is 1.38. The quantitative estimate of drug-likeness (QED) is 0.769. The average molecular weight is 257 g/mol. The van der Waals surface area contributed by atoms with E-state index in [-0.39, 0.29) is 23.3 Å². The first-order valence-corrected chi connectivity index (χ1v) is 6.15. The molecule has 0 aliphatic heterocycles. The molecule has 1 amide bonds. The number of hydrogen-bond donors (Lipinski definition) is 1. The second-order valence-electron chi connectivity index (χ2n) is 6.33. The number of hydrogen-bond acceptors (Lipinski definition) is 4. The van der Waals surface area contributed by atoms with Crippen LogP contribution in [0.5, 0.6) is 0 Å². The van der Waals surface area contributed by atoms with E-state index in [0.717, 1.165) is 0 Å². The highest BCUT2D eigenvalue weighted by Crippen LogP contribution is 2.46. The van der Waals surface area contributed by atoms with E-state index in [9.17, 15) is 9.59 Å². The molecular weight excluding hydrogens is 234 g/mol. The Bertz CT molecular complexity index is 343. The van der Waals surface area contributed by atoms with Gasteiger partial charge >= 0.3 is 12.1 Å². The van der Waals surface area contributed by atoms with E-state index in [0.29, 0.717) is 6.42 Å². The molecule has 5 heteroatoms. The number of alkyl carbamates (subject to hydrolysis) is 1. The summed E-state index contributed by atoms with van der Waals surface area (Å²) in [5.41, 5.74) is -0.816. The third-order valence-electron chi connectivity index (χ3n) is 3.44. The van der Waals surface area contributed by atoms with Gasteiger partial charge in [-0.15, -0.1) is 0 Å². The summed E-state index contributed by atoms with van der Waals surface area (Å²) in [4.78, 5) is 23.1. The number of methoxy groups -OCH3 is 1. The maximum atomic E-state index is 11.6. The van der Waals surface area contributed by atoms with Crippen LogP contribution in [0, 0.1) is 11.3 Å². The maximum absolute atomic E-state index is 11.6. The zero-order chi connectivity index (χ0) is 14.1. The number of carbonyl (C=O) groups is 2. The Kier molecular flexibility index (Phi) is 3.93. The van der Waals surface area contributed by atoms with Gasteiger partial charge in [0.1, 0.15) is 5.60 Å². The molecule has 18 heavy (non-hydrogen) atoms. The van der Waals surface area contributed by atoms with E-state index in [2.05, 4.69) is 5.32 Å². The summed E-state index contributed by atoms with van der Waals surface area (Å²) in [5, 5.41) is 2.80. The lowest BCUT2D eigenvalue weighted by Crippen LogP contribution is -2.61. The first-order chi connectivity index (χ1) is 8.08. The van der Waals surface area contributed by atoms with Crippen molar-refractivity contribution in [2.75, 3.05) is 7.11 Å². The first-order valence-electron chi connectivity index (χ1n) is 6.15. The highest BCUT2D eigenvalue weighted by molar-refractivity contribution is 5.76. The molecule has 1 rings (SSSR count). The number of rotatable bonds is 2. The lowest BCUT2D eigenvalue weighted by Gasteiger charge is -2.50. The fourth-order valence-corrected chi connectivity index (χ4v) is 2.16. The number of nitrogens with one attached hydrogen (secondary N) is 1. The molecule has 104 valence electrons. The van der Waals surface area contributed by atoms with E-state index >= 15 is 0 Å². The van der Waals surface area contributed by atoms with E-state index in [1.807, 2.05) is 34.6 Å². The Morgan fingerprint density at radius 3 is 2.22 bits per heavy atom. The van der Waals surface area contributed by atoms with Crippen LogP contribution in [0.4, 0.5) is 4.79 Å². The van der Waals surface area contributed by atoms with Crippen LogP contribution in [0.3, 0.4) is 0 Å². The van der Waals surface area contributed by atoms with Crippen molar-refractivity contribution in [3.8, 4) is 0 Å². The molecule has 1 aliphatic rings. The summed E-state index contributed by atoms with van der Waals surface area (Å²) in [6, 6.07) is -0.0588. The van der Waals surface area contributed by atoms with E-state index < -0.39 is 11.7 Å². The third kappa shape index (κ3) is 3.15. The summed E-state index contributed by atoms with van der Waals surface area (Å²) in [6.07, 6.45) is 0.155. The predicted molar refractivity (Wildman–Crippen MR) is 67.1 cm³/mol. The first kappa shape index (κ1) is 14.8. The number of carbonyl (C=O) groups excluding carboxylic acids is 2. The van der Waals surface area contributed by atoms with Crippen LogP contribution in [0.15, 0.2) is 0 Å². The van der Waals surface area contributed by atoms with Crippen molar-refractivity contribution < 1.29 is 19.1 Å². The Hall–Kier alpha value is -1.26. The molecule has 0 aromatic carbocycles. The van der Waals surface area contributed by atoms with Gasteiger partial charge in [-0.1, -0.05) is 13.8 Å². The third-order valence-corrected chi connectivity index (χ3v) is 3.44. The maximum Gasteiger partial charge on any atom is 0.407 e. The molecule has 1 saturated carbocycles. The van der Waals surface area contributed by atoms with Gasteiger partial charge in [-0.3, -0.25) is 4.79 Å². The smallest absolute Gasteiger partial charge is 0.407 e. The molecule has 0 bridgehead atoms. The molecule has 0 spiro atoms. The fourth-order valence-electron chi connectivity index (χ4n) is 2.16. The Balaban J connectivity index is 2.52. The standard InChI is InChI=1S/C13H23NO4/c1-12(2,3)18-11(16)14-9-7-8(10(15)17-6)13(9,4)5/h8-9H,7H2,1-6H3,(H,14,16)/t8-,9+/m1/s1. The zero-order valence-electron chi connectivity index (χ0n) is 12.0. The van der Waals surface area contributed by atoms with Gasteiger partial charge in [0.05, 0.1) is 13.0 Å². The van der Waals surface area contributed by atoms with Crippen LogP contribution in [0.2, 0.25) is 0 Å². The van der Waals surface area contributed by atoms with Gasteiger partial charge in [0.15, 0.2) is 0 Å². The van der Waals surface area contributed by atoms with Crippen molar-refractivity contribution in [3.63, 3.8) is 0 Å². The van der Waals surface area contributed by atoms with Gasteiger partial charge in [-0.2, -0.15) is 0 Å². The lowest BCUT2D eigenvalue weighted by molar-refractivity contribution is -0.158. The highest BCUT2D eigenvalue weighted by atomic mass is 16.6. The van der Waals surface area contributed by atoms with Gasteiger partial charge in [0.2, 0.25) is 0 Å². The topological polar surface area (TPSA) is 64.6 Å². The molecule has 2 atom stereocenters. The SMILES string of the molecule is COC(=O)[C@H]1C[C@H](NC(=O)OC(C)(C)C)C1(C)C. The Morgan fingerprint density at radius 1 is 1.28 bits per heavy atom. The average Bonchev–Trinajstić information content (AvgIpc) is 2.20. The lowest BCUT2D eigenvalue weighted by atomic mass is 9.58. The summed E-state index contributed by atoms with van der Waals surface area (Å²) >= 11 is 0. The minimum Gasteiger partial charge on any atom is -0.469 e. The largest absolute Gasteiger partial charge is 0.469 e. The fraction of sp³-hybridized carbons (Fsp3) is 0.846. The van der Waals surface area contributed by atoms with Crippen molar-refractivity contribution >= 4 is 12.1 Å². The van der Waals surface area contributed by atoms with Gasteiger partial charge in [-0.25, -0.2) is 4.79 Å². The normalized spacial score (nSPS) is 25.9. The second-order valence-corrected chi connectivity index (χ2v) is 6.33. The minimum absolute atomic E-state index is 0.0588. The van der Waals surface area contributed by atoms with Gasteiger partial charge in [-0.05, 0) is 32.6 Å². The van der Waals surface area contributed by atoms with Crippen LogP contribution in [0.1, 0.15) is 41.0 Å². The second kappa shape index (κ2) is 4.78. The van der Waals surface area contributed by atoms with Gasteiger partial charge in [0, 0.05) is 6.04 Å². The van der Waals surface area contributed by atoms with Crippen molar-refractivity contribution in [2.24, 2.45) is 11.3 Å². The van der Waals surface area contributed by atoms with Crippen LogP contribution in [-0.2, 0) is 14.3 Å². The van der Waals surface area contributed by atoms with Gasteiger partial charge < -0.3 is 14.8 Å². The van der Waals surface area contributed by atoms with Crippen molar-refractivity contribution in [3.05, 3.63) is 0 Å². The Morgan fingerprint density at radius 2 is 1.83 bits per heavy atom. The number of ether oxygens (including phenoxy) is 2. The van der Waals surface area contributed by atoms with Gasteiger partial charge in [0.25, 0.3) is 0 Å². The van der Waals surface area contributed by atoms with E-state index in [1.165, 1.54) is 7.11 Å². The molecule has 0 aromatic rings. The number of esters is 1. The molecule has 1 aliphatic carbocycles. The molecule has 0 heterocycles. The minimum atomic E-state index is -0.514. The highest BCUT2D eigenvalue weighted by Gasteiger charge is 2.53.